The molecule has 1 aromatic carbocycles. The number of carbonyl (C=O) groups is 2. The molecule has 2 saturated carbocycles. The number of carboxylic acid groups (broad SMARTS) is 1. The van der Waals surface area contributed by atoms with Crippen molar-refractivity contribution in [3.8, 4) is 5.75 Å². The lowest BCUT2D eigenvalue weighted by molar-refractivity contribution is -0.136. The van der Waals surface area contributed by atoms with Crippen LogP contribution < -0.4 is 10.5 Å². The molecule has 0 bridgehead atoms. The van der Waals surface area contributed by atoms with Crippen molar-refractivity contribution < 1.29 is 19.4 Å². The second kappa shape index (κ2) is 8.95. The van der Waals surface area contributed by atoms with Crippen LogP contribution in [0.15, 0.2) is 18.2 Å². The standard InChI is InChI=1S/C22H32N2O4/c1-14-12-18(10-11-19(14)22(26)27)28-13-15-6-8-16(9-7-15)20(23)21(25)24(2)17-4-3-5-17/h10-12,15-17,20H,3-9,13,23H2,1-2H3,(H,26,27)/t15-,16-,20-/m0/s1. The van der Waals surface area contributed by atoms with Crippen molar-refractivity contribution >= 4 is 11.9 Å². The Bertz CT molecular complexity index is 708. The number of carbonyl (C=O) groups excluding carboxylic acids is 1. The quantitative estimate of drug-likeness (QED) is 0.748. The van der Waals surface area contributed by atoms with E-state index in [0.717, 1.165) is 38.5 Å². The number of hydrogen-bond donors (Lipinski definition) is 2. The van der Waals surface area contributed by atoms with E-state index in [2.05, 4.69) is 0 Å². The highest BCUT2D eigenvalue weighted by molar-refractivity contribution is 5.89. The van der Waals surface area contributed by atoms with Crippen LogP contribution in [-0.2, 0) is 4.79 Å². The Balaban J connectivity index is 1.44. The van der Waals surface area contributed by atoms with Gasteiger partial charge in [-0.1, -0.05) is 0 Å². The first-order valence-corrected chi connectivity index (χ1v) is 10.4. The maximum absolute atomic E-state index is 12.6. The number of aromatic carboxylic acids is 1. The van der Waals surface area contributed by atoms with E-state index in [1.54, 1.807) is 25.1 Å². The molecule has 0 heterocycles. The molecule has 0 saturated heterocycles. The lowest BCUT2D eigenvalue weighted by Crippen LogP contribution is -2.52. The summed E-state index contributed by atoms with van der Waals surface area (Å²) in [6, 6.07) is 5.08. The molecule has 0 aromatic heterocycles. The summed E-state index contributed by atoms with van der Waals surface area (Å²) < 4.78 is 5.90. The fourth-order valence-electron chi connectivity index (χ4n) is 4.28. The van der Waals surface area contributed by atoms with Crippen molar-refractivity contribution in [2.75, 3.05) is 13.7 Å². The number of benzene rings is 1. The number of rotatable bonds is 7. The summed E-state index contributed by atoms with van der Waals surface area (Å²) in [7, 11) is 1.89. The molecule has 1 amide bonds. The van der Waals surface area contributed by atoms with Gasteiger partial charge in [-0.2, -0.15) is 0 Å². The molecule has 0 spiro atoms. The van der Waals surface area contributed by atoms with Crippen LogP contribution in [0.1, 0.15) is 60.9 Å². The van der Waals surface area contributed by atoms with Crippen molar-refractivity contribution in [3.05, 3.63) is 29.3 Å². The van der Waals surface area contributed by atoms with Gasteiger partial charge < -0.3 is 20.5 Å². The first-order chi connectivity index (χ1) is 13.4. The zero-order chi connectivity index (χ0) is 20.3. The van der Waals surface area contributed by atoms with E-state index in [1.165, 1.54) is 6.42 Å². The molecule has 0 unspecified atom stereocenters. The number of nitrogens with two attached hydrogens (primary N) is 1. The Labute approximate surface area is 167 Å². The summed E-state index contributed by atoms with van der Waals surface area (Å²) in [4.78, 5) is 25.6. The van der Waals surface area contributed by atoms with Gasteiger partial charge in [0.15, 0.2) is 0 Å². The summed E-state index contributed by atoms with van der Waals surface area (Å²) in [5.41, 5.74) is 7.31. The largest absolute Gasteiger partial charge is 0.493 e. The van der Waals surface area contributed by atoms with Crippen LogP contribution in [0.2, 0.25) is 0 Å². The van der Waals surface area contributed by atoms with Crippen molar-refractivity contribution in [1.29, 1.82) is 0 Å². The van der Waals surface area contributed by atoms with E-state index in [-0.39, 0.29) is 11.8 Å². The van der Waals surface area contributed by atoms with Gasteiger partial charge in [-0.25, -0.2) is 4.79 Å². The number of ether oxygens (including phenoxy) is 1. The second-order valence-electron chi connectivity index (χ2n) is 8.43. The third-order valence-electron chi connectivity index (χ3n) is 6.57. The smallest absolute Gasteiger partial charge is 0.335 e. The highest BCUT2D eigenvalue weighted by Crippen LogP contribution is 2.32. The molecule has 0 aliphatic heterocycles. The SMILES string of the molecule is Cc1cc(OC[C@H]2CC[C@H]([C@H](N)C(=O)N(C)C3CCC3)CC2)ccc1C(=O)O. The number of aryl methyl sites for hydroxylation is 1. The van der Waals surface area contributed by atoms with Gasteiger partial charge in [0.1, 0.15) is 5.75 Å². The Morgan fingerprint density at radius 1 is 1.21 bits per heavy atom. The van der Waals surface area contributed by atoms with Gasteiger partial charge in [-0.15, -0.1) is 0 Å². The summed E-state index contributed by atoms with van der Waals surface area (Å²) in [6.07, 6.45) is 7.34. The van der Waals surface area contributed by atoms with Crippen LogP contribution in [0, 0.1) is 18.8 Å². The van der Waals surface area contributed by atoms with E-state index < -0.39 is 12.0 Å². The van der Waals surface area contributed by atoms with Crippen molar-refractivity contribution in [1.82, 2.24) is 4.90 Å². The average Bonchev–Trinajstić information content (AvgIpc) is 2.64. The number of hydrogen-bond acceptors (Lipinski definition) is 4. The lowest BCUT2D eigenvalue weighted by Gasteiger charge is -2.38. The van der Waals surface area contributed by atoms with Crippen LogP contribution in [0.4, 0.5) is 0 Å². The fraction of sp³-hybridized carbons (Fsp3) is 0.636. The fourth-order valence-corrected chi connectivity index (χ4v) is 4.28. The maximum Gasteiger partial charge on any atom is 0.335 e. The zero-order valence-electron chi connectivity index (χ0n) is 16.9. The molecular weight excluding hydrogens is 356 g/mol. The van der Waals surface area contributed by atoms with Gasteiger partial charge >= 0.3 is 5.97 Å². The molecule has 6 nitrogen and oxygen atoms in total. The van der Waals surface area contributed by atoms with Gasteiger partial charge in [0, 0.05) is 13.1 Å². The molecule has 6 heteroatoms. The average molecular weight is 389 g/mol. The highest BCUT2D eigenvalue weighted by Gasteiger charge is 2.34. The van der Waals surface area contributed by atoms with Crippen LogP contribution >= 0.6 is 0 Å². The number of carboxylic acids is 1. The first kappa shape index (κ1) is 20.6. The molecule has 2 aliphatic rings. The molecule has 2 fully saturated rings. The van der Waals surface area contributed by atoms with Crippen molar-refractivity contribution in [2.45, 2.75) is 64.0 Å². The van der Waals surface area contributed by atoms with E-state index in [4.69, 9.17) is 15.6 Å². The maximum atomic E-state index is 12.6. The van der Waals surface area contributed by atoms with E-state index >= 15 is 0 Å². The van der Waals surface area contributed by atoms with Crippen LogP contribution in [-0.4, -0.2) is 47.6 Å². The van der Waals surface area contributed by atoms with E-state index in [1.807, 2.05) is 11.9 Å². The van der Waals surface area contributed by atoms with E-state index in [9.17, 15) is 9.59 Å². The number of amides is 1. The Kier molecular flexibility index (Phi) is 6.60. The Morgan fingerprint density at radius 3 is 2.43 bits per heavy atom. The second-order valence-corrected chi connectivity index (χ2v) is 8.43. The monoisotopic (exact) mass is 388 g/mol. The Morgan fingerprint density at radius 2 is 1.89 bits per heavy atom. The predicted molar refractivity (Wildman–Crippen MR) is 107 cm³/mol. The molecule has 2 aliphatic carbocycles. The van der Waals surface area contributed by atoms with Gasteiger partial charge in [0.25, 0.3) is 0 Å². The molecule has 154 valence electrons. The van der Waals surface area contributed by atoms with Crippen molar-refractivity contribution in [2.24, 2.45) is 17.6 Å². The molecule has 3 rings (SSSR count). The van der Waals surface area contributed by atoms with Gasteiger partial charge in [-0.3, -0.25) is 4.79 Å². The minimum Gasteiger partial charge on any atom is -0.493 e. The highest BCUT2D eigenvalue weighted by atomic mass is 16.5. The topological polar surface area (TPSA) is 92.9 Å². The van der Waals surface area contributed by atoms with Crippen LogP contribution in [0.25, 0.3) is 0 Å². The van der Waals surface area contributed by atoms with E-state index in [0.29, 0.717) is 35.4 Å². The minimum absolute atomic E-state index is 0.0957. The van der Waals surface area contributed by atoms with Crippen molar-refractivity contribution in [3.63, 3.8) is 0 Å². The van der Waals surface area contributed by atoms with Crippen LogP contribution in [0.3, 0.4) is 0 Å². The molecule has 28 heavy (non-hydrogen) atoms. The summed E-state index contributed by atoms with van der Waals surface area (Å²) in [6.45, 7) is 2.39. The Hall–Kier alpha value is -2.08. The molecule has 1 aromatic rings. The first-order valence-electron chi connectivity index (χ1n) is 10.4. The zero-order valence-corrected chi connectivity index (χ0v) is 16.9. The van der Waals surface area contributed by atoms with Gasteiger partial charge in [0.05, 0.1) is 18.2 Å². The molecule has 1 atom stereocenters. The molecule has 0 radical (unpaired) electrons. The summed E-state index contributed by atoms with van der Waals surface area (Å²) in [5.74, 6) is 0.582. The number of likely N-dealkylation sites (N-methyl/N-ethyl adjacent to an activating group) is 1. The molecule has 3 N–H and O–H groups in total. The normalized spacial score (nSPS) is 23.5. The number of nitrogens with zero attached hydrogens (tertiary/aromatic N) is 1. The van der Waals surface area contributed by atoms with Gasteiger partial charge in [-0.05, 0) is 87.5 Å². The molecular formula is C22H32N2O4. The lowest BCUT2D eigenvalue weighted by atomic mass is 9.78. The van der Waals surface area contributed by atoms with Gasteiger partial charge in [0.2, 0.25) is 5.91 Å². The third-order valence-corrected chi connectivity index (χ3v) is 6.57. The summed E-state index contributed by atoms with van der Waals surface area (Å²) in [5, 5.41) is 9.10. The third kappa shape index (κ3) is 4.66. The predicted octanol–water partition coefficient (Wildman–Crippen LogP) is 3.22. The van der Waals surface area contributed by atoms with Crippen LogP contribution in [0.5, 0.6) is 5.75 Å². The summed E-state index contributed by atoms with van der Waals surface area (Å²) >= 11 is 0. The minimum atomic E-state index is -0.920.